The first-order valence-corrected chi connectivity index (χ1v) is 5.09. The Kier molecular flexibility index (Phi) is 3.63. The second kappa shape index (κ2) is 4.53. The Morgan fingerprint density at radius 2 is 2.08 bits per heavy atom. The van der Waals surface area contributed by atoms with E-state index in [1.54, 1.807) is 18.7 Å². The van der Waals surface area contributed by atoms with Crippen LogP contribution < -0.4 is 0 Å². The van der Waals surface area contributed by atoms with Crippen LogP contribution in [0.2, 0.25) is 0 Å². The van der Waals surface area contributed by atoms with E-state index in [9.17, 15) is 0 Å². The molecule has 0 aliphatic carbocycles. The normalized spacial score (nSPS) is 12.9. The average Bonchev–Trinajstić information content (AvgIpc) is 2.03. The smallest absolute Gasteiger partial charge is 0.0967 e. The fourth-order valence-corrected chi connectivity index (χ4v) is 1.73. The average molecular weight is 182 g/mol. The third kappa shape index (κ3) is 2.88. The molecule has 0 spiro atoms. The number of benzene rings is 1. The first-order valence-electron chi connectivity index (χ1n) is 4.04. The van der Waals surface area contributed by atoms with Crippen molar-refractivity contribution in [2.45, 2.75) is 25.0 Å². The summed E-state index contributed by atoms with van der Waals surface area (Å²) < 4.78 is 0. The standard InChI is InChI=1S/C10H14OS/c1-8-5-3-4-6-10(8)7-12-9(2)11/h3-6,9,11H,7H2,1-2H3. The monoisotopic (exact) mass is 182 g/mol. The molecule has 66 valence electrons. The van der Waals surface area contributed by atoms with Crippen LogP contribution in [0.15, 0.2) is 24.3 Å². The summed E-state index contributed by atoms with van der Waals surface area (Å²) in [5.74, 6) is 0.893. The molecule has 1 atom stereocenters. The van der Waals surface area contributed by atoms with Gasteiger partial charge in [0.15, 0.2) is 0 Å². The SMILES string of the molecule is Cc1ccccc1CSC(C)O. The van der Waals surface area contributed by atoms with Crippen LogP contribution in [0.1, 0.15) is 18.1 Å². The third-order valence-electron chi connectivity index (χ3n) is 1.74. The lowest BCUT2D eigenvalue weighted by molar-refractivity contribution is 0.284. The summed E-state index contributed by atoms with van der Waals surface area (Å²) in [4.78, 5) is 0. The molecule has 0 radical (unpaired) electrons. The van der Waals surface area contributed by atoms with Crippen LogP contribution in [0.4, 0.5) is 0 Å². The van der Waals surface area contributed by atoms with Gasteiger partial charge in [-0.2, -0.15) is 0 Å². The van der Waals surface area contributed by atoms with E-state index >= 15 is 0 Å². The molecule has 1 aromatic rings. The highest BCUT2D eigenvalue weighted by Gasteiger charge is 1.99. The Balaban J connectivity index is 2.57. The van der Waals surface area contributed by atoms with Gasteiger partial charge in [0.2, 0.25) is 0 Å². The van der Waals surface area contributed by atoms with Crippen molar-refractivity contribution in [3.05, 3.63) is 35.4 Å². The number of rotatable bonds is 3. The van der Waals surface area contributed by atoms with Crippen LogP contribution in [0.3, 0.4) is 0 Å². The van der Waals surface area contributed by atoms with Crippen LogP contribution in [-0.4, -0.2) is 10.5 Å². The molecular formula is C10H14OS. The van der Waals surface area contributed by atoms with Gasteiger partial charge in [-0.05, 0) is 25.0 Å². The van der Waals surface area contributed by atoms with Crippen molar-refractivity contribution < 1.29 is 5.11 Å². The van der Waals surface area contributed by atoms with E-state index < -0.39 is 0 Å². The zero-order valence-corrected chi connectivity index (χ0v) is 8.27. The summed E-state index contributed by atoms with van der Waals surface area (Å²) >= 11 is 1.55. The Labute approximate surface area is 77.8 Å². The first kappa shape index (κ1) is 9.62. The number of aryl methyl sites for hydroxylation is 1. The highest BCUT2D eigenvalue weighted by atomic mass is 32.2. The number of hydrogen-bond acceptors (Lipinski definition) is 2. The van der Waals surface area contributed by atoms with Gasteiger partial charge in [0.05, 0.1) is 5.44 Å². The summed E-state index contributed by atoms with van der Waals surface area (Å²) in [6.07, 6.45) is 0. The van der Waals surface area contributed by atoms with E-state index in [4.69, 9.17) is 5.11 Å². The topological polar surface area (TPSA) is 20.2 Å². The Morgan fingerprint density at radius 1 is 1.42 bits per heavy atom. The van der Waals surface area contributed by atoms with Crippen LogP contribution in [0.25, 0.3) is 0 Å². The van der Waals surface area contributed by atoms with Gasteiger partial charge in [-0.3, -0.25) is 0 Å². The summed E-state index contributed by atoms with van der Waals surface area (Å²) in [6, 6.07) is 8.26. The zero-order valence-electron chi connectivity index (χ0n) is 7.45. The molecule has 12 heavy (non-hydrogen) atoms. The summed E-state index contributed by atoms with van der Waals surface area (Å²) in [6.45, 7) is 3.89. The van der Waals surface area contributed by atoms with Gasteiger partial charge in [0.1, 0.15) is 0 Å². The lowest BCUT2D eigenvalue weighted by atomic mass is 10.1. The van der Waals surface area contributed by atoms with E-state index in [0.29, 0.717) is 0 Å². The van der Waals surface area contributed by atoms with Crippen LogP contribution in [-0.2, 0) is 5.75 Å². The molecule has 0 aromatic heterocycles. The van der Waals surface area contributed by atoms with Gasteiger partial charge in [-0.25, -0.2) is 0 Å². The molecule has 1 aromatic carbocycles. The van der Waals surface area contributed by atoms with Crippen LogP contribution in [0, 0.1) is 6.92 Å². The zero-order chi connectivity index (χ0) is 8.97. The lowest BCUT2D eigenvalue weighted by Gasteiger charge is -2.06. The van der Waals surface area contributed by atoms with Crippen molar-refractivity contribution in [2.24, 2.45) is 0 Å². The summed E-state index contributed by atoms with van der Waals surface area (Å²) in [5.41, 5.74) is 2.33. The number of hydrogen-bond donors (Lipinski definition) is 1. The molecule has 1 N–H and O–H groups in total. The predicted octanol–water partition coefficient (Wildman–Crippen LogP) is 2.57. The molecule has 1 unspecified atom stereocenters. The maximum atomic E-state index is 9.07. The fraction of sp³-hybridized carbons (Fsp3) is 0.400. The summed E-state index contributed by atoms with van der Waals surface area (Å²) in [5, 5.41) is 9.07. The van der Waals surface area contributed by atoms with Crippen LogP contribution in [0.5, 0.6) is 0 Å². The largest absolute Gasteiger partial charge is 0.383 e. The van der Waals surface area contributed by atoms with Gasteiger partial charge in [0.25, 0.3) is 0 Å². The Bertz CT molecular complexity index is 245. The molecule has 0 fully saturated rings. The van der Waals surface area contributed by atoms with Crippen molar-refractivity contribution in [3.8, 4) is 0 Å². The lowest BCUT2D eigenvalue weighted by Crippen LogP contribution is -1.94. The van der Waals surface area contributed by atoms with E-state index in [2.05, 4.69) is 19.1 Å². The van der Waals surface area contributed by atoms with Gasteiger partial charge in [-0.1, -0.05) is 24.3 Å². The minimum absolute atomic E-state index is 0.274. The number of aliphatic hydroxyl groups excluding tert-OH is 1. The molecule has 1 rings (SSSR count). The van der Waals surface area contributed by atoms with Crippen LogP contribution >= 0.6 is 11.8 Å². The Hall–Kier alpha value is -0.470. The quantitative estimate of drug-likeness (QED) is 0.725. The maximum absolute atomic E-state index is 9.07. The maximum Gasteiger partial charge on any atom is 0.0967 e. The highest BCUT2D eigenvalue weighted by Crippen LogP contribution is 2.18. The van der Waals surface area contributed by atoms with Crippen molar-refractivity contribution in [1.29, 1.82) is 0 Å². The Morgan fingerprint density at radius 3 is 2.67 bits per heavy atom. The van der Waals surface area contributed by atoms with E-state index in [0.717, 1.165) is 5.75 Å². The second-order valence-corrected chi connectivity index (χ2v) is 4.14. The van der Waals surface area contributed by atoms with E-state index in [1.165, 1.54) is 11.1 Å². The molecule has 2 heteroatoms. The van der Waals surface area contributed by atoms with Crippen molar-refractivity contribution in [2.75, 3.05) is 0 Å². The van der Waals surface area contributed by atoms with E-state index in [1.807, 2.05) is 12.1 Å². The first-order chi connectivity index (χ1) is 5.70. The molecular weight excluding hydrogens is 168 g/mol. The van der Waals surface area contributed by atoms with Gasteiger partial charge in [-0.15, -0.1) is 11.8 Å². The molecule has 0 heterocycles. The van der Waals surface area contributed by atoms with Gasteiger partial charge < -0.3 is 5.11 Å². The molecule has 0 amide bonds. The molecule has 0 saturated heterocycles. The summed E-state index contributed by atoms with van der Waals surface area (Å²) in [7, 11) is 0. The van der Waals surface area contributed by atoms with Crippen molar-refractivity contribution in [3.63, 3.8) is 0 Å². The number of thioether (sulfide) groups is 1. The molecule has 0 bridgehead atoms. The highest BCUT2D eigenvalue weighted by molar-refractivity contribution is 7.98. The molecule has 0 saturated carbocycles. The molecule has 0 aliphatic rings. The third-order valence-corrected chi connectivity index (χ3v) is 2.70. The fourth-order valence-electron chi connectivity index (χ4n) is 0.982. The molecule has 0 aliphatic heterocycles. The van der Waals surface area contributed by atoms with Gasteiger partial charge in [0, 0.05) is 5.75 Å². The minimum atomic E-state index is -0.274. The predicted molar refractivity (Wildman–Crippen MR) is 54.2 cm³/mol. The van der Waals surface area contributed by atoms with Crippen molar-refractivity contribution >= 4 is 11.8 Å². The van der Waals surface area contributed by atoms with Gasteiger partial charge >= 0.3 is 0 Å². The second-order valence-electron chi connectivity index (χ2n) is 2.84. The van der Waals surface area contributed by atoms with Crippen molar-refractivity contribution in [1.82, 2.24) is 0 Å². The van der Waals surface area contributed by atoms with E-state index in [-0.39, 0.29) is 5.44 Å². The minimum Gasteiger partial charge on any atom is -0.383 e. The number of aliphatic hydroxyl groups is 1. The molecule has 1 nitrogen and oxygen atoms in total.